The van der Waals surface area contributed by atoms with E-state index in [9.17, 15) is 4.79 Å². The van der Waals surface area contributed by atoms with Gasteiger partial charge in [0.15, 0.2) is 5.76 Å². The molecule has 1 unspecified atom stereocenters. The van der Waals surface area contributed by atoms with Crippen LogP contribution in [0.15, 0.2) is 4.52 Å². The third kappa shape index (κ3) is 3.88. The van der Waals surface area contributed by atoms with Crippen molar-refractivity contribution in [2.75, 3.05) is 19.6 Å². The quantitative estimate of drug-likeness (QED) is 0.908. The fourth-order valence-corrected chi connectivity index (χ4v) is 2.98. The number of amides is 1. The molecule has 0 aliphatic carbocycles. The predicted molar refractivity (Wildman–Crippen MR) is 87.1 cm³/mol. The normalized spacial score (nSPS) is 18.6. The van der Waals surface area contributed by atoms with E-state index in [2.05, 4.69) is 29.2 Å². The molecular formula is C17H29N3O2. The van der Waals surface area contributed by atoms with Crippen molar-refractivity contribution < 1.29 is 9.32 Å². The number of aryl methyl sites for hydroxylation is 1. The summed E-state index contributed by atoms with van der Waals surface area (Å²) in [7, 11) is 0. The van der Waals surface area contributed by atoms with Crippen LogP contribution in [0.2, 0.25) is 0 Å². The zero-order valence-corrected chi connectivity index (χ0v) is 14.5. The number of nitrogens with zero attached hydrogens (tertiary/aromatic N) is 2. The molecule has 0 bridgehead atoms. The first-order chi connectivity index (χ1) is 10.4. The summed E-state index contributed by atoms with van der Waals surface area (Å²) in [5, 5.41) is 6.99. The Hall–Kier alpha value is -1.36. The second-order valence-corrected chi connectivity index (χ2v) is 6.94. The van der Waals surface area contributed by atoms with E-state index < -0.39 is 0 Å². The molecule has 1 fully saturated rings. The van der Waals surface area contributed by atoms with Crippen molar-refractivity contribution >= 4 is 5.91 Å². The molecular weight excluding hydrogens is 278 g/mol. The fraction of sp³-hybridized carbons (Fsp3) is 0.765. The lowest BCUT2D eigenvalue weighted by Crippen LogP contribution is -2.45. The average Bonchev–Trinajstić information content (AvgIpc) is 2.87. The monoisotopic (exact) mass is 307 g/mol. The third-order valence-electron chi connectivity index (χ3n) is 4.64. The first-order valence-electron chi connectivity index (χ1n) is 8.38. The van der Waals surface area contributed by atoms with Gasteiger partial charge in [0.2, 0.25) is 0 Å². The molecule has 1 aromatic heterocycles. The van der Waals surface area contributed by atoms with Crippen LogP contribution in [-0.2, 0) is 0 Å². The second kappa shape index (κ2) is 7.27. The lowest BCUT2D eigenvalue weighted by molar-refractivity contribution is 0.0918. The lowest BCUT2D eigenvalue weighted by atomic mass is 9.98. The minimum absolute atomic E-state index is 0.0697. The van der Waals surface area contributed by atoms with Gasteiger partial charge in [0, 0.05) is 18.5 Å². The highest BCUT2D eigenvalue weighted by atomic mass is 16.5. The topological polar surface area (TPSA) is 58.4 Å². The lowest BCUT2D eigenvalue weighted by Gasteiger charge is -2.35. The van der Waals surface area contributed by atoms with E-state index in [4.69, 9.17) is 4.52 Å². The molecule has 22 heavy (non-hydrogen) atoms. The van der Waals surface area contributed by atoms with Gasteiger partial charge in [-0.3, -0.25) is 9.69 Å². The van der Waals surface area contributed by atoms with Crippen LogP contribution in [0.25, 0.3) is 0 Å². The molecule has 0 aromatic carbocycles. The average molecular weight is 307 g/mol. The van der Waals surface area contributed by atoms with Crippen LogP contribution in [0.3, 0.4) is 0 Å². The van der Waals surface area contributed by atoms with E-state index in [-0.39, 0.29) is 11.8 Å². The number of carbonyl (C=O) groups is 1. The van der Waals surface area contributed by atoms with Crippen molar-refractivity contribution in [2.45, 2.75) is 59.4 Å². The summed E-state index contributed by atoms with van der Waals surface area (Å²) >= 11 is 0. The maximum Gasteiger partial charge on any atom is 0.256 e. The van der Waals surface area contributed by atoms with Gasteiger partial charge in [-0.25, -0.2) is 0 Å². The van der Waals surface area contributed by atoms with Gasteiger partial charge in [-0.2, -0.15) is 0 Å². The molecule has 1 N–H and O–H groups in total. The Balaban J connectivity index is 1.91. The molecule has 1 atom stereocenters. The summed E-state index contributed by atoms with van der Waals surface area (Å²) in [6.45, 7) is 13.2. The molecule has 124 valence electrons. The molecule has 5 heteroatoms. The molecule has 5 nitrogen and oxygen atoms in total. The smallest absolute Gasteiger partial charge is 0.256 e. The van der Waals surface area contributed by atoms with Gasteiger partial charge in [-0.1, -0.05) is 25.9 Å². The first kappa shape index (κ1) is 17.0. The predicted octanol–water partition coefficient (Wildman–Crippen LogP) is 2.96. The number of nitrogens with one attached hydrogen (secondary N) is 1. The summed E-state index contributed by atoms with van der Waals surface area (Å²) in [6, 6.07) is 0.360. The molecule has 2 heterocycles. The number of rotatable bonds is 5. The number of hydrogen-bond donors (Lipinski definition) is 1. The second-order valence-electron chi connectivity index (χ2n) is 6.94. The zero-order valence-electron chi connectivity index (χ0n) is 14.5. The SMILES string of the molecule is Cc1noc(C(C)C)c1C(=O)NCC(C)N1CCC(C)CC1. The van der Waals surface area contributed by atoms with Crippen molar-refractivity contribution in [3.05, 3.63) is 17.0 Å². The minimum atomic E-state index is -0.0697. The van der Waals surface area contributed by atoms with E-state index in [1.807, 2.05) is 20.8 Å². The van der Waals surface area contributed by atoms with Crippen LogP contribution in [0.5, 0.6) is 0 Å². The first-order valence-corrected chi connectivity index (χ1v) is 8.38. The molecule has 1 saturated heterocycles. The van der Waals surface area contributed by atoms with E-state index >= 15 is 0 Å². The van der Waals surface area contributed by atoms with Gasteiger partial charge >= 0.3 is 0 Å². The molecule has 1 amide bonds. The fourth-order valence-electron chi connectivity index (χ4n) is 2.98. The summed E-state index contributed by atoms with van der Waals surface area (Å²) in [5.41, 5.74) is 1.27. The number of hydrogen-bond acceptors (Lipinski definition) is 4. The summed E-state index contributed by atoms with van der Waals surface area (Å²) < 4.78 is 5.29. The minimum Gasteiger partial charge on any atom is -0.360 e. The molecule has 0 saturated carbocycles. The largest absolute Gasteiger partial charge is 0.360 e. The van der Waals surface area contributed by atoms with Gasteiger partial charge < -0.3 is 9.84 Å². The maximum atomic E-state index is 12.5. The van der Waals surface area contributed by atoms with Crippen LogP contribution in [0.4, 0.5) is 0 Å². The number of piperidine rings is 1. The van der Waals surface area contributed by atoms with Crippen molar-refractivity contribution in [3.63, 3.8) is 0 Å². The molecule has 1 aliphatic rings. The van der Waals surface area contributed by atoms with Crippen molar-refractivity contribution in [1.29, 1.82) is 0 Å². The Bertz CT molecular complexity index is 502. The van der Waals surface area contributed by atoms with Crippen LogP contribution in [0.1, 0.15) is 68.3 Å². The Morgan fingerprint density at radius 2 is 2.00 bits per heavy atom. The standard InChI is InChI=1S/C17H29N3O2/c1-11(2)16-15(14(5)19-22-16)17(21)18-10-13(4)20-8-6-12(3)7-9-20/h11-13H,6-10H2,1-5H3,(H,18,21). The summed E-state index contributed by atoms with van der Waals surface area (Å²) in [4.78, 5) is 14.9. The number of aromatic nitrogens is 1. The highest BCUT2D eigenvalue weighted by Crippen LogP contribution is 2.22. The van der Waals surface area contributed by atoms with Gasteiger partial charge in [0.25, 0.3) is 5.91 Å². The molecule has 1 aliphatic heterocycles. The maximum absolute atomic E-state index is 12.5. The number of carbonyl (C=O) groups excluding carboxylic acids is 1. The van der Waals surface area contributed by atoms with Crippen molar-refractivity contribution in [2.24, 2.45) is 5.92 Å². The van der Waals surface area contributed by atoms with Crippen molar-refractivity contribution in [3.8, 4) is 0 Å². The zero-order chi connectivity index (χ0) is 16.3. The Kier molecular flexibility index (Phi) is 5.62. The molecule has 1 aromatic rings. The third-order valence-corrected chi connectivity index (χ3v) is 4.64. The van der Waals surface area contributed by atoms with Gasteiger partial charge in [-0.05, 0) is 45.7 Å². The van der Waals surface area contributed by atoms with E-state index in [0.717, 1.165) is 19.0 Å². The van der Waals surface area contributed by atoms with Crippen LogP contribution < -0.4 is 5.32 Å². The molecule has 2 rings (SSSR count). The van der Waals surface area contributed by atoms with E-state index in [1.54, 1.807) is 0 Å². The highest BCUT2D eigenvalue weighted by Gasteiger charge is 2.24. The van der Waals surface area contributed by atoms with E-state index in [1.165, 1.54) is 12.8 Å². The summed E-state index contributed by atoms with van der Waals surface area (Å²) in [5.74, 6) is 1.59. The van der Waals surface area contributed by atoms with Gasteiger partial charge in [0.1, 0.15) is 5.56 Å². The van der Waals surface area contributed by atoms with E-state index in [0.29, 0.717) is 29.6 Å². The highest BCUT2D eigenvalue weighted by molar-refractivity contribution is 5.96. The van der Waals surface area contributed by atoms with Crippen LogP contribution in [0, 0.1) is 12.8 Å². The Morgan fingerprint density at radius 3 is 2.59 bits per heavy atom. The van der Waals surface area contributed by atoms with Gasteiger partial charge in [-0.15, -0.1) is 0 Å². The van der Waals surface area contributed by atoms with Crippen LogP contribution >= 0.6 is 0 Å². The number of likely N-dealkylation sites (tertiary alicyclic amines) is 1. The van der Waals surface area contributed by atoms with Gasteiger partial charge in [0.05, 0.1) is 5.69 Å². The molecule has 0 spiro atoms. The Morgan fingerprint density at radius 1 is 1.36 bits per heavy atom. The van der Waals surface area contributed by atoms with Crippen LogP contribution in [-0.4, -0.2) is 41.6 Å². The molecule has 0 radical (unpaired) electrons. The summed E-state index contributed by atoms with van der Waals surface area (Å²) in [6.07, 6.45) is 2.50. The Labute approximate surface area is 133 Å². The van der Waals surface area contributed by atoms with Crippen molar-refractivity contribution in [1.82, 2.24) is 15.4 Å².